The van der Waals surface area contributed by atoms with Crippen molar-refractivity contribution in [1.29, 1.82) is 0 Å². The molecule has 4 rings (SSSR count). The number of ether oxygens (including phenoxy) is 1. The predicted octanol–water partition coefficient (Wildman–Crippen LogP) is 3.71. The van der Waals surface area contributed by atoms with Crippen LogP contribution in [0.1, 0.15) is 17.5 Å². The molecule has 6 heteroatoms. The van der Waals surface area contributed by atoms with Gasteiger partial charge in [0.1, 0.15) is 5.75 Å². The maximum absolute atomic E-state index is 13.0. The average molecular weight is 363 g/mol. The summed E-state index contributed by atoms with van der Waals surface area (Å²) in [6.45, 7) is 3.70. The van der Waals surface area contributed by atoms with Crippen LogP contribution in [0.2, 0.25) is 5.02 Å². The van der Waals surface area contributed by atoms with E-state index in [0.717, 1.165) is 30.8 Å². The first-order valence-corrected chi connectivity index (χ1v) is 9.33. The van der Waals surface area contributed by atoms with E-state index in [1.807, 2.05) is 17.9 Å². The van der Waals surface area contributed by atoms with Gasteiger partial charge < -0.3 is 9.64 Å². The summed E-state index contributed by atoms with van der Waals surface area (Å²) < 4.78 is 5.47. The van der Waals surface area contributed by atoms with Crippen LogP contribution < -0.4 is 9.64 Å². The van der Waals surface area contributed by atoms with Gasteiger partial charge in [-0.25, -0.2) is 0 Å². The van der Waals surface area contributed by atoms with Crippen LogP contribution in [0.5, 0.6) is 5.75 Å². The minimum Gasteiger partial charge on any atom is -0.495 e. The monoisotopic (exact) mass is 362 g/mol. The summed E-state index contributed by atoms with van der Waals surface area (Å²) in [4.78, 5) is 17.2. The number of nitrogens with zero attached hydrogens (tertiary/aromatic N) is 2. The van der Waals surface area contributed by atoms with Crippen molar-refractivity contribution in [3.05, 3.63) is 45.1 Å². The third kappa shape index (κ3) is 2.51. The van der Waals surface area contributed by atoms with Crippen molar-refractivity contribution in [3.63, 3.8) is 0 Å². The van der Waals surface area contributed by atoms with E-state index in [0.29, 0.717) is 10.8 Å². The van der Waals surface area contributed by atoms with Gasteiger partial charge in [-0.15, -0.1) is 0 Å². The molecule has 1 aromatic carbocycles. The maximum Gasteiger partial charge on any atom is 0.244 e. The molecule has 2 saturated heterocycles. The molecular weight excluding hydrogens is 344 g/mol. The molecule has 1 aromatic heterocycles. The number of methoxy groups -OCH3 is 1. The molecular formula is C18H19ClN2O2S. The molecule has 126 valence electrons. The second-order valence-corrected chi connectivity index (χ2v) is 7.64. The Bertz CT molecular complexity index is 778. The molecule has 2 atom stereocenters. The van der Waals surface area contributed by atoms with E-state index in [-0.39, 0.29) is 18.0 Å². The molecule has 2 fully saturated rings. The Morgan fingerprint density at radius 2 is 2.25 bits per heavy atom. The smallest absolute Gasteiger partial charge is 0.244 e. The minimum absolute atomic E-state index is 0.0319. The van der Waals surface area contributed by atoms with E-state index >= 15 is 0 Å². The van der Waals surface area contributed by atoms with E-state index in [1.165, 1.54) is 5.56 Å². The Morgan fingerprint density at radius 1 is 1.42 bits per heavy atom. The lowest BCUT2D eigenvalue weighted by Crippen LogP contribution is -2.50. The molecule has 4 nitrogen and oxygen atoms in total. The molecule has 2 aliphatic heterocycles. The number of fused-ring (bicyclic) bond motifs is 2. The summed E-state index contributed by atoms with van der Waals surface area (Å²) in [7, 11) is 1.62. The quantitative estimate of drug-likeness (QED) is 0.831. The number of carbonyl (C=O) groups is 1. The Balaban J connectivity index is 1.60. The van der Waals surface area contributed by atoms with Crippen molar-refractivity contribution in [2.24, 2.45) is 0 Å². The molecule has 2 bridgehead atoms. The molecule has 1 amide bonds. The first kappa shape index (κ1) is 15.9. The lowest BCUT2D eigenvalue weighted by molar-refractivity contribution is -0.122. The Hall–Kier alpha value is -1.56. The van der Waals surface area contributed by atoms with E-state index < -0.39 is 0 Å². The molecule has 2 aliphatic rings. The van der Waals surface area contributed by atoms with Gasteiger partial charge >= 0.3 is 0 Å². The summed E-state index contributed by atoms with van der Waals surface area (Å²) in [5, 5.41) is 4.89. The molecule has 0 radical (unpaired) electrons. The molecule has 2 aromatic rings. The fourth-order valence-electron chi connectivity index (χ4n) is 3.77. The molecule has 0 saturated carbocycles. The van der Waals surface area contributed by atoms with Crippen LogP contribution in [0.15, 0.2) is 29.0 Å². The second-order valence-electron chi connectivity index (χ2n) is 6.45. The van der Waals surface area contributed by atoms with Crippen molar-refractivity contribution in [1.82, 2.24) is 4.90 Å². The van der Waals surface area contributed by atoms with E-state index in [4.69, 9.17) is 16.3 Å². The molecule has 0 unspecified atom stereocenters. The van der Waals surface area contributed by atoms with Gasteiger partial charge in [-0.1, -0.05) is 11.6 Å². The molecule has 0 spiro atoms. The Kier molecular flexibility index (Phi) is 4.03. The fraction of sp³-hybridized carbons (Fsp3) is 0.389. The first-order valence-electron chi connectivity index (χ1n) is 8.01. The zero-order valence-corrected chi connectivity index (χ0v) is 15.2. The lowest BCUT2D eigenvalue weighted by Gasteiger charge is -2.34. The molecule has 24 heavy (non-hydrogen) atoms. The van der Waals surface area contributed by atoms with Crippen LogP contribution in [0, 0.1) is 6.92 Å². The predicted molar refractivity (Wildman–Crippen MR) is 97.1 cm³/mol. The number of hydrogen-bond donors (Lipinski definition) is 0. The summed E-state index contributed by atoms with van der Waals surface area (Å²) >= 11 is 7.90. The zero-order chi connectivity index (χ0) is 16.8. The number of benzene rings is 1. The van der Waals surface area contributed by atoms with E-state index in [9.17, 15) is 4.79 Å². The third-order valence-corrected chi connectivity index (χ3v) is 6.09. The number of carbonyl (C=O) groups excluding carboxylic acids is 1. The highest BCUT2D eigenvalue weighted by Crippen LogP contribution is 2.42. The highest BCUT2D eigenvalue weighted by atomic mass is 35.5. The number of aryl methyl sites for hydroxylation is 1. The van der Waals surface area contributed by atoms with Gasteiger partial charge in [-0.05, 0) is 47.4 Å². The highest BCUT2D eigenvalue weighted by molar-refractivity contribution is 7.07. The number of anilines is 1. The topological polar surface area (TPSA) is 32.8 Å². The van der Waals surface area contributed by atoms with E-state index in [1.54, 1.807) is 24.5 Å². The van der Waals surface area contributed by atoms with Gasteiger partial charge in [-0.3, -0.25) is 9.69 Å². The van der Waals surface area contributed by atoms with Crippen LogP contribution in [-0.2, 0) is 11.3 Å². The molecule has 0 N–H and O–H groups in total. The standard InChI is InChI=1S/C18H19ClN2O2S/c1-11-5-15(17(23-2)7-14(11)19)21-13-6-16(18(21)22)20(9-13)8-12-3-4-24-10-12/h3-5,7,10,13,16H,6,8-9H2,1-2H3/t13-,16-/m0/s1. The number of thiophene rings is 1. The highest BCUT2D eigenvalue weighted by Gasteiger charge is 2.50. The van der Waals surface area contributed by atoms with Crippen LogP contribution in [0.3, 0.4) is 0 Å². The minimum atomic E-state index is -0.0319. The van der Waals surface area contributed by atoms with E-state index in [2.05, 4.69) is 21.7 Å². The third-order valence-electron chi connectivity index (χ3n) is 4.95. The largest absolute Gasteiger partial charge is 0.495 e. The van der Waals surface area contributed by atoms with Gasteiger partial charge in [0.05, 0.1) is 24.9 Å². The van der Waals surface area contributed by atoms with Gasteiger partial charge in [-0.2, -0.15) is 11.3 Å². The van der Waals surface area contributed by atoms with Gasteiger partial charge in [0.2, 0.25) is 5.91 Å². The summed E-state index contributed by atoms with van der Waals surface area (Å²) in [6, 6.07) is 6.06. The Morgan fingerprint density at radius 3 is 2.92 bits per heavy atom. The van der Waals surface area contributed by atoms with Crippen molar-refractivity contribution >= 4 is 34.5 Å². The van der Waals surface area contributed by atoms with Gasteiger partial charge in [0, 0.05) is 24.2 Å². The average Bonchev–Trinajstić information content (AvgIpc) is 3.27. The summed E-state index contributed by atoms with van der Waals surface area (Å²) in [5.41, 5.74) is 3.08. The van der Waals surface area contributed by atoms with Crippen LogP contribution in [-0.4, -0.2) is 36.5 Å². The number of amides is 1. The second kappa shape index (κ2) is 6.06. The normalized spacial score (nSPS) is 23.3. The summed E-state index contributed by atoms with van der Waals surface area (Å²) in [5.74, 6) is 0.831. The van der Waals surface area contributed by atoms with Crippen molar-refractivity contribution in [2.45, 2.75) is 32.0 Å². The lowest BCUT2D eigenvalue weighted by atomic mass is 10.1. The maximum atomic E-state index is 13.0. The first-order chi connectivity index (χ1) is 11.6. The van der Waals surface area contributed by atoms with Crippen LogP contribution in [0.4, 0.5) is 5.69 Å². The van der Waals surface area contributed by atoms with Crippen molar-refractivity contribution in [2.75, 3.05) is 18.6 Å². The van der Waals surface area contributed by atoms with Crippen molar-refractivity contribution in [3.8, 4) is 5.75 Å². The van der Waals surface area contributed by atoms with Crippen LogP contribution in [0.25, 0.3) is 0 Å². The van der Waals surface area contributed by atoms with Gasteiger partial charge in [0.25, 0.3) is 0 Å². The van der Waals surface area contributed by atoms with Crippen LogP contribution >= 0.6 is 22.9 Å². The molecule has 3 heterocycles. The fourth-order valence-corrected chi connectivity index (χ4v) is 4.58. The summed E-state index contributed by atoms with van der Waals surface area (Å²) in [6.07, 6.45) is 0.883. The van der Waals surface area contributed by atoms with Gasteiger partial charge in [0.15, 0.2) is 0 Å². The number of piperazine rings is 1. The zero-order valence-electron chi connectivity index (χ0n) is 13.7. The SMILES string of the molecule is COc1cc(Cl)c(C)cc1N1C(=O)[C@@H]2C[C@H]1CN2Cc1ccsc1. The molecule has 0 aliphatic carbocycles. The number of halogens is 1. The number of likely N-dealkylation sites (tertiary alicyclic amines) is 1. The Labute approximate surface area is 150 Å². The van der Waals surface area contributed by atoms with Crippen molar-refractivity contribution < 1.29 is 9.53 Å². The number of hydrogen-bond acceptors (Lipinski definition) is 4. The number of rotatable bonds is 4.